The first-order chi connectivity index (χ1) is 26.9. The van der Waals surface area contributed by atoms with Gasteiger partial charge in [0.1, 0.15) is 0 Å². The van der Waals surface area contributed by atoms with Crippen LogP contribution in [0.25, 0.3) is 77.2 Å². The zero-order valence-electron chi connectivity index (χ0n) is 31.0. The zero-order chi connectivity index (χ0) is 39.0. The molecule has 2 aromatic heterocycles. The van der Waals surface area contributed by atoms with E-state index in [0.717, 1.165) is 100 Å². The quantitative estimate of drug-likeness (QED) is 0.181. The molecule has 0 N–H and O–H groups in total. The summed E-state index contributed by atoms with van der Waals surface area (Å²) < 4.78 is 45.8. The molecule has 0 aliphatic heterocycles. The van der Waals surface area contributed by atoms with Crippen molar-refractivity contribution < 1.29 is 13.2 Å². The van der Waals surface area contributed by atoms with E-state index in [0.29, 0.717) is 16.7 Å². The second-order valence-electron chi connectivity index (χ2n) is 14.7. The number of nitrogens with zero attached hydrogens (tertiary/aromatic N) is 4. The molecule has 7 aromatic carbocycles. The summed E-state index contributed by atoms with van der Waals surface area (Å²) in [5.41, 5.74) is 12.3. The lowest BCUT2D eigenvalue weighted by Gasteiger charge is -2.20. The Hall–Kier alpha value is -7.09. The van der Waals surface area contributed by atoms with Crippen LogP contribution in [0.2, 0.25) is 0 Å². The van der Waals surface area contributed by atoms with E-state index in [1.54, 1.807) is 0 Å². The van der Waals surface area contributed by atoms with Crippen molar-refractivity contribution in [3.05, 3.63) is 166 Å². The molecule has 0 bridgehead atoms. The number of fused-ring (bicyclic) bond motifs is 6. The highest BCUT2D eigenvalue weighted by molar-refractivity contribution is 6.12. The van der Waals surface area contributed by atoms with Crippen molar-refractivity contribution in [1.29, 1.82) is 10.5 Å². The van der Waals surface area contributed by atoms with Crippen molar-refractivity contribution in [1.82, 2.24) is 9.13 Å². The Labute approximate surface area is 321 Å². The molecule has 0 saturated carbocycles. The first kappa shape index (κ1) is 34.7. The van der Waals surface area contributed by atoms with E-state index in [9.17, 15) is 23.7 Å². The maximum Gasteiger partial charge on any atom is 0.416 e. The molecule has 0 radical (unpaired) electrons. The van der Waals surface area contributed by atoms with E-state index in [1.165, 1.54) is 6.07 Å². The van der Waals surface area contributed by atoms with Gasteiger partial charge in [0.25, 0.3) is 0 Å². The van der Waals surface area contributed by atoms with Crippen LogP contribution in [0.1, 0.15) is 38.9 Å². The SMILES string of the molecule is Cc1ccc2c(c1)c1cc(C)ccc1n2-c1cc(C#N)ccc1-c1ccc(-c2ccc(C(F)(F)F)cc2C#N)cc1-n1c2ccc(C)cc2c2cc(C)ccc21. The molecule has 0 amide bonds. The van der Waals surface area contributed by atoms with Crippen LogP contribution in [-0.4, -0.2) is 9.13 Å². The van der Waals surface area contributed by atoms with Gasteiger partial charge in [-0.1, -0.05) is 70.8 Å². The molecule has 0 unspecified atom stereocenters. The standard InChI is InChI=1S/C49H33F3N4/c1-28-5-15-43-39(19-28)40-20-29(2)6-16-44(40)55(43)47-23-32(26-53)9-12-37(47)38-13-10-33(36-14-11-35(49(50,51)52)24-34(36)27-54)25-48(38)56-45-17-7-30(3)21-41(45)42-22-31(4)8-18-46(42)56/h5-25H,1-4H3. The molecule has 0 atom stereocenters. The molecule has 0 saturated heterocycles. The number of rotatable bonds is 4. The zero-order valence-corrected chi connectivity index (χ0v) is 31.0. The minimum atomic E-state index is -4.59. The first-order valence-corrected chi connectivity index (χ1v) is 18.3. The van der Waals surface area contributed by atoms with Crippen molar-refractivity contribution in [2.45, 2.75) is 33.9 Å². The normalized spacial score (nSPS) is 11.8. The highest BCUT2D eigenvalue weighted by atomic mass is 19.4. The van der Waals surface area contributed by atoms with E-state index in [2.05, 4.69) is 116 Å². The summed E-state index contributed by atoms with van der Waals surface area (Å²) in [5, 5.41) is 24.7. The van der Waals surface area contributed by atoms with Crippen molar-refractivity contribution in [3.8, 4) is 45.8 Å². The number of hydrogen-bond acceptors (Lipinski definition) is 2. The summed E-state index contributed by atoms with van der Waals surface area (Å²) in [6.07, 6.45) is -4.59. The number of nitriles is 2. The Balaban J connectivity index is 1.41. The number of aryl methyl sites for hydroxylation is 4. The number of benzene rings is 7. The third-order valence-corrected chi connectivity index (χ3v) is 10.8. The highest BCUT2D eigenvalue weighted by Gasteiger charge is 2.31. The molecule has 0 fully saturated rings. The summed E-state index contributed by atoms with van der Waals surface area (Å²) in [5.74, 6) is 0. The lowest BCUT2D eigenvalue weighted by Crippen LogP contribution is -2.05. The second-order valence-corrected chi connectivity index (χ2v) is 14.7. The first-order valence-electron chi connectivity index (χ1n) is 18.3. The molecule has 7 heteroatoms. The molecule has 9 aromatic rings. The lowest BCUT2D eigenvalue weighted by molar-refractivity contribution is -0.137. The van der Waals surface area contributed by atoms with Gasteiger partial charge in [-0.15, -0.1) is 0 Å². The summed E-state index contributed by atoms with van der Waals surface area (Å²) in [4.78, 5) is 0. The molecule has 0 aliphatic rings. The van der Waals surface area contributed by atoms with E-state index >= 15 is 0 Å². The maximum absolute atomic E-state index is 13.8. The van der Waals surface area contributed by atoms with Gasteiger partial charge in [-0.05, 0) is 118 Å². The van der Waals surface area contributed by atoms with Gasteiger partial charge in [-0.2, -0.15) is 23.7 Å². The molecule has 2 heterocycles. The molecule has 0 aliphatic carbocycles. The molecule has 270 valence electrons. The van der Waals surface area contributed by atoms with Gasteiger partial charge in [0.05, 0.1) is 62.3 Å². The van der Waals surface area contributed by atoms with Gasteiger partial charge < -0.3 is 9.13 Å². The van der Waals surface area contributed by atoms with E-state index < -0.39 is 11.7 Å². The van der Waals surface area contributed by atoms with Crippen molar-refractivity contribution in [3.63, 3.8) is 0 Å². The van der Waals surface area contributed by atoms with Gasteiger partial charge in [-0.25, -0.2) is 0 Å². The van der Waals surface area contributed by atoms with Gasteiger partial charge in [0, 0.05) is 32.7 Å². The Morgan fingerprint density at radius 1 is 0.446 bits per heavy atom. The fourth-order valence-electron chi connectivity index (χ4n) is 8.21. The second kappa shape index (κ2) is 12.8. The number of halogens is 3. The summed E-state index contributed by atoms with van der Waals surface area (Å²) in [6.45, 7) is 8.29. The molecular formula is C49H33F3N4. The van der Waals surface area contributed by atoms with Crippen LogP contribution in [0.15, 0.2) is 127 Å². The Bertz CT molecular complexity index is 3080. The third-order valence-electron chi connectivity index (χ3n) is 10.8. The van der Waals surface area contributed by atoms with Crippen LogP contribution in [-0.2, 0) is 6.18 Å². The van der Waals surface area contributed by atoms with E-state index in [-0.39, 0.29) is 5.56 Å². The number of alkyl halides is 3. The van der Waals surface area contributed by atoms with Gasteiger partial charge in [0.15, 0.2) is 0 Å². The average molecular weight is 735 g/mol. The van der Waals surface area contributed by atoms with Crippen molar-refractivity contribution in [2.75, 3.05) is 0 Å². The fraction of sp³-hybridized carbons (Fsp3) is 0.102. The summed E-state index contributed by atoms with van der Waals surface area (Å²) in [6, 6.07) is 44.8. The number of hydrogen-bond donors (Lipinski definition) is 0. The van der Waals surface area contributed by atoms with Crippen LogP contribution < -0.4 is 0 Å². The monoisotopic (exact) mass is 734 g/mol. The minimum absolute atomic E-state index is 0.0677. The predicted molar refractivity (Wildman–Crippen MR) is 219 cm³/mol. The molecular weight excluding hydrogens is 702 g/mol. The summed E-state index contributed by atoms with van der Waals surface area (Å²) in [7, 11) is 0. The van der Waals surface area contributed by atoms with Gasteiger partial charge in [-0.3, -0.25) is 0 Å². The Kier molecular flexibility index (Phi) is 7.90. The largest absolute Gasteiger partial charge is 0.416 e. The Morgan fingerprint density at radius 2 is 0.875 bits per heavy atom. The van der Waals surface area contributed by atoms with Crippen LogP contribution in [0.3, 0.4) is 0 Å². The number of aromatic nitrogens is 2. The van der Waals surface area contributed by atoms with Gasteiger partial charge >= 0.3 is 6.18 Å². The van der Waals surface area contributed by atoms with Crippen LogP contribution >= 0.6 is 0 Å². The van der Waals surface area contributed by atoms with Gasteiger partial charge in [0.2, 0.25) is 0 Å². The molecule has 0 spiro atoms. The smallest absolute Gasteiger partial charge is 0.309 e. The third kappa shape index (κ3) is 5.51. The van der Waals surface area contributed by atoms with Crippen molar-refractivity contribution in [2.24, 2.45) is 0 Å². The molecule has 56 heavy (non-hydrogen) atoms. The van der Waals surface area contributed by atoms with Crippen LogP contribution in [0.4, 0.5) is 13.2 Å². The molecule has 4 nitrogen and oxygen atoms in total. The van der Waals surface area contributed by atoms with E-state index in [4.69, 9.17) is 0 Å². The van der Waals surface area contributed by atoms with E-state index in [1.807, 2.05) is 42.5 Å². The molecule has 9 rings (SSSR count). The fourth-order valence-corrected chi connectivity index (χ4v) is 8.21. The topological polar surface area (TPSA) is 57.4 Å². The maximum atomic E-state index is 13.8. The lowest BCUT2D eigenvalue weighted by atomic mass is 9.93. The average Bonchev–Trinajstić information content (AvgIpc) is 3.67. The van der Waals surface area contributed by atoms with Crippen molar-refractivity contribution >= 4 is 43.6 Å². The van der Waals surface area contributed by atoms with Crippen LogP contribution in [0, 0.1) is 50.4 Å². The summed E-state index contributed by atoms with van der Waals surface area (Å²) >= 11 is 0. The Morgan fingerprint density at radius 3 is 1.30 bits per heavy atom. The minimum Gasteiger partial charge on any atom is -0.309 e. The predicted octanol–water partition coefficient (Wildman–Crippen LogP) is 13.2. The highest BCUT2D eigenvalue weighted by Crippen LogP contribution is 2.43. The van der Waals surface area contributed by atoms with Crippen LogP contribution in [0.5, 0.6) is 0 Å².